The highest BCUT2D eigenvalue weighted by atomic mass is 31.0. The lowest BCUT2D eigenvalue weighted by Crippen LogP contribution is -2.61. The molecule has 3 rings (SSSR count). The molecular weight excluding hydrogens is 589 g/mol. The van der Waals surface area contributed by atoms with Crippen LogP contribution in [-0.4, -0.2) is 116 Å². The molecule has 0 radical (unpaired) electrons. The van der Waals surface area contributed by atoms with E-state index in [0.717, 1.165) is 0 Å². The van der Waals surface area contributed by atoms with Crippen molar-refractivity contribution in [2.75, 3.05) is 28.3 Å². The Labute approximate surface area is 264 Å². The number of ketones is 2. The fourth-order valence-corrected chi connectivity index (χ4v) is 7.84. The van der Waals surface area contributed by atoms with Crippen LogP contribution in [0.15, 0.2) is 0 Å². The number of urea groups is 1. The van der Waals surface area contributed by atoms with Gasteiger partial charge in [0.05, 0.1) is 29.4 Å². The molecular formula is C31H54N3O9P. The van der Waals surface area contributed by atoms with Crippen LogP contribution in [0.5, 0.6) is 0 Å². The number of Topliss-reactive ketones (excluding diaryl/α,β-unsaturated/α-hetero) is 2. The maximum Gasteiger partial charge on any atom is 0.318 e. The Bertz CT molecular complexity index is 1090. The molecule has 1 N–H and O–H groups in total. The molecule has 0 aromatic carbocycles. The van der Waals surface area contributed by atoms with Crippen LogP contribution in [0.3, 0.4) is 0 Å². The number of methoxy groups -OCH3 is 1. The Morgan fingerprint density at radius 3 is 2.16 bits per heavy atom. The normalized spacial score (nSPS) is 44.7. The minimum absolute atomic E-state index is 0.0367. The molecule has 3 aliphatic rings. The molecule has 0 saturated carbocycles. The smallest absolute Gasteiger partial charge is 0.318 e. The van der Waals surface area contributed by atoms with Crippen molar-refractivity contribution >= 4 is 33.0 Å². The van der Waals surface area contributed by atoms with Crippen molar-refractivity contribution in [1.82, 2.24) is 15.1 Å². The number of cyclic esters (lactones) is 1. The van der Waals surface area contributed by atoms with Crippen molar-refractivity contribution in [3.8, 4) is 0 Å². The Morgan fingerprint density at radius 2 is 1.61 bits per heavy atom. The zero-order chi connectivity index (χ0) is 33.5. The van der Waals surface area contributed by atoms with Crippen molar-refractivity contribution in [2.24, 2.45) is 23.7 Å². The summed E-state index contributed by atoms with van der Waals surface area (Å²) >= 11 is 0. The number of nitrogens with zero attached hydrogens (tertiary/aromatic N) is 2. The number of hydrogen-bond acceptors (Lipinski definition) is 10. The fourth-order valence-electron chi connectivity index (χ4n) is 7.53. The number of nitrogens with one attached hydrogen (secondary N) is 1. The SMILES string of the molecule is COC1(C)C[C@@H](C)C(=O)[C@H](C)C2N(C)C(=O)NC2(C)[C@@H](C)OC(=O)[C@H](C)C(=O)[C@H](C)C1OC1O[C@H](C)CC(N(C)C)C1OP. The molecule has 14 atom stereocenters. The summed E-state index contributed by atoms with van der Waals surface area (Å²) in [6, 6.07) is -1.01. The first kappa shape index (κ1) is 36.8. The first-order valence-electron chi connectivity index (χ1n) is 15.5. The summed E-state index contributed by atoms with van der Waals surface area (Å²) in [6.07, 6.45) is -2.37. The molecule has 2 amide bonds. The van der Waals surface area contributed by atoms with Crippen LogP contribution in [0.25, 0.3) is 0 Å². The van der Waals surface area contributed by atoms with Crippen molar-refractivity contribution in [3.63, 3.8) is 0 Å². The van der Waals surface area contributed by atoms with E-state index in [-0.39, 0.29) is 30.4 Å². The van der Waals surface area contributed by atoms with E-state index < -0.39 is 77.2 Å². The second kappa shape index (κ2) is 14.0. The lowest BCUT2D eigenvalue weighted by Gasteiger charge is -2.47. The van der Waals surface area contributed by atoms with Crippen molar-refractivity contribution < 1.29 is 42.6 Å². The van der Waals surface area contributed by atoms with Gasteiger partial charge in [-0.2, -0.15) is 0 Å². The summed E-state index contributed by atoms with van der Waals surface area (Å²) in [5, 5.41) is 2.93. The summed E-state index contributed by atoms with van der Waals surface area (Å²) in [7, 11) is 9.37. The molecule has 12 nitrogen and oxygen atoms in total. The van der Waals surface area contributed by atoms with Gasteiger partial charge in [0.1, 0.15) is 23.9 Å². The molecule has 3 saturated heterocycles. The van der Waals surface area contributed by atoms with Crippen molar-refractivity contribution in [1.29, 1.82) is 0 Å². The van der Waals surface area contributed by atoms with E-state index in [1.807, 2.05) is 34.9 Å². The van der Waals surface area contributed by atoms with Gasteiger partial charge in [0.25, 0.3) is 0 Å². The topological polar surface area (TPSA) is 133 Å². The molecule has 3 heterocycles. The largest absolute Gasteiger partial charge is 0.460 e. The summed E-state index contributed by atoms with van der Waals surface area (Å²) in [4.78, 5) is 58.0. The first-order chi connectivity index (χ1) is 20.3. The molecule has 0 aromatic rings. The van der Waals surface area contributed by atoms with Crippen LogP contribution in [0.1, 0.15) is 68.2 Å². The average molecular weight is 644 g/mol. The number of fused-ring (bicyclic) bond motifs is 1. The Kier molecular flexibility index (Phi) is 11.7. The van der Waals surface area contributed by atoms with Gasteiger partial charge in [0.2, 0.25) is 0 Å². The monoisotopic (exact) mass is 643 g/mol. The van der Waals surface area contributed by atoms with Crippen LogP contribution < -0.4 is 5.32 Å². The number of amides is 2. The molecule has 0 aromatic heterocycles. The molecule has 13 heteroatoms. The zero-order valence-electron chi connectivity index (χ0n) is 28.4. The highest BCUT2D eigenvalue weighted by Crippen LogP contribution is 2.40. The van der Waals surface area contributed by atoms with Gasteiger partial charge >= 0.3 is 12.0 Å². The summed E-state index contributed by atoms with van der Waals surface area (Å²) in [5.74, 6) is -4.35. The van der Waals surface area contributed by atoms with Gasteiger partial charge in [-0.1, -0.05) is 20.8 Å². The third-order valence-corrected chi connectivity index (χ3v) is 10.7. The van der Waals surface area contributed by atoms with Gasteiger partial charge in [-0.25, -0.2) is 4.79 Å². The number of rotatable bonds is 5. The van der Waals surface area contributed by atoms with Crippen LogP contribution in [0.2, 0.25) is 0 Å². The first-order valence-corrected chi connectivity index (χ1v) is 16.0. The second-order valence-electron chi connectivity index (χ2n) is 13.8. The quantitative estimate of drug-likeness (QED) is 0.271. The number of carbonyl (C=O) groups is 4. The molecule has 0 spiro atoms. The highest BCUT2D eigenvalue weighted by Gasteiger charge is 2.57. The van der Waals surface area contributed by atoms with Crippen molar-refractivity contribution in [3.05, 3.63) is 0 Å². The van der Waals surface area contributed by atoms with Crippen LogP contribution in [0, 0.1) is 23.7 Å². The molecule has 44 heavy (non-hydrogen) atoms. The predicted molar refractivity (Wildman–Crippen MR) is 167 cm³/mol. The van der Waals surface area contributed by atoms with Gasteiger partial charge in [0, 0.05) is 47.4 Å². The number of carbonyl (C=O) groups excluding carboxylic acids is 4. The molecule has 252 valence electrons. The number of esters is 1. The fraction of sp³-hybridized carbons (Fsp3) is 0.871. The summed E-state index contributed by atoms with van der Waals surface area (Å²) in [6.45, 7) is 14.1. The molecule has 8 unspecified atom stereocenters. The number of ether oxygens (including phenoxy) is 4. The number of likely N-dealkylation sites (N-methyl/N-ethyl adjacent to an activating group) is 2. The van der Waals surface area contributed by atoms with Crippen molar-refractivity contribution in [2.45, 2.75) is 122 Å². The molecule has 3 aliphatic heterocycles. The van der Waals surface area contributed by atoms with E-state index in [1.165, 1.54) is 18.9 Å². The third kappa shape index (κ3) is 6.86. The standard InChI is InChI=1S/C31H54N3O9P/c1-15-14-30(7,39-12)26(42-28-24(43-44)21(33(9)10)13-16(2)40-28)18(4)23(36)19(5)27(37)41-20(6)31(8)25(17(3)22(15)35)34(11)29(38)32-31/h15-21,24-26,28H,13-14,44H2,1-12H3,(H,32,38)/t15-,16-,17+,18+,19-,20-,21?,24?,25?,26?,28?,30?,31?/m1/s1. The molecule has 0 bridgehead atoms. The third-order valence-electron chi connectivity index (χ3n) is 10.4. The van der Waals surface area contributed by atoms with Crippen LogP contribution >= 0.6 is 9.47 Å². The maximum atomic E-state index is 14.1. The Hall–Kier alpha value is -1.69. The molecule has 0 aliphatic carbocycles. The van der Waals surface area contributed by atoms with E-state index in [9.17, 15) is 19.2 Å². The van der Waals surface area contributed by atoms with E-state index >= 15 is 0 Å². The number of hydrogen-bond donors (Lipinski definition) is 1. The van der Waals surface area contributed by atoms with E-state index in [4.69, 9.17) is 23.5 Å². The van der Waals surface area contributed by atoms with Gasteiger partial charge < -0.3 is 38.6 Å². The van der Waals surface area contributed by atoms with E-state index in [1.54, 1.807) is 34.7 Å². The Morgan fingerprint density at radius 1 is 1.00 bits per heavy atom. The summed E-state index contributed by atoms with van der Waals surface area (Å²) in [5.41, 5.74) is -2.23. The Balaban J connectivity index is 2.11. The van der Waals surface area contributed by atoms with E-state index in [0.29, 0.717) is 6.42 Å². The lowest BCUT2D eigenvalue weighted by atomic mass is 9.73. The predicted octanol–water partition coefficient (Wildman–Crippen LogP) is 2.82. The minimum Gasteiger partial charge on any atom is -0.460 e. The highest BCUT2D eigenvalue weighted by molar-refractivity contribution is 7.09. The minimum atomic E-state index is -1.16. The van der Waals surface area contributed by atoms with E-state index in [2.05, 4.69) is 19.7 Å². The van der Waals surface area contributed by atoms with Gasteiger partial charge in [-0.05, 0) is 61.6 Å². The van der Waals surface area contributed by atoms with Crippen LogP contribution in [0.4, 0.5) is 4.79 Å². The lowest BCUT2D eigenvalue weighted by molar-refractivity contribution is -0.289. The van der Waals surface area contributed by atoms with Gasteiger partial charge in [-0.15, -0.1) is 0 Å². The second-order valence-corrected chi connectivity index (χ2v) is 14.1. The van der Waals surface area contributed by atoms with Crippen LogP contribution in [-0.2, 0) is 37.9 Å². The van der Waals surface area contributed by atoms with Gasteiger partial charge in [0.15, 0.2) is 12.1 Å². The zero-order valence-corrected chi connectivity index (χ0v) is 29.6. The average Bonchev–Trinajstić information content (AvgIpc) is 3.20. The summed E-state index contributed by atoms with van der Waals surface area (Å²) < 4.78 is 30.8. The molecule has 3 fully saturated rings. The van der Waals surface area contributed by atoms with Gasteiger partial charge in [-0.3, -0.25) is 14.4 Å². The maximum absolute atomic E-state index is 14.1.